The molecule has 0 saturated heterocycles. The van der Waals surface area contributed by atoms with Gasteiger partial charge in [0, 0.05) is 6.61 Å². The summed E-state index contributed by atoms with van der Waals surface area (Å²) in [7, 11) is 4.68. The molecule has 0 aromatic heterocycles. The van der Waals surface area contributed by atoms with Crippen molar-refractivity contribution in [3.63, 3.8) is 0 Å². The summed E-state index contributed by atoms with van der Waals surface area (Å²) in [6.45, 7) is 10.1. The van der Waals surface area contributed by atoms with Crippen LogP contribution in [0.1, 0.15) is 129 Å². The maximum absolute atomic E-state index is 5.74. The molecular formula is C28H60NO2+. The summed E-state index contributed by atoms with van der Waals surface area (Å²) in [5, 5.41) is 0. The molecule has 0 aliphatic rings. The molecule has 0 bridgehead atoms. The Morgan fingerprint density at radius 2 is 0.774 bits per heavy atom. The van der Waals surface area contributed by atoms with E-state index in [0.29, 0.717) is 0 Å². The van der Waals surface area contributed by atoms with E-state index in [1.54, 1.807) is 0 Å². The monoisotopic (exact) mass is 442 g/mol. The average molecular weight is 443 g/mol. The highest BCUT2D eigenvalue weighted by Crippen LogP contribution is 2.14. The highest BCUT2D eigenvalue weighted by molar-refractivity contribution is 4.50. The van der Waals surface area contributed by atoms with Crippen LogP contribution < -0.4 is 0 Å². The Bertz CT molecular complexity index is 333. The molecule has 0 N–H and O–H groups in total. The molecule has 0 saturated carbocycles. The number of nitrogens with zero attached hydrogens (tertiary/aromatic N) is 1. The van der Waals surface area contributed by atoms with Crippen LogP contribution in [0.4, 0.5) is 0 Å². The van der Waals surface area contributed by atoms with Crippen LogP contribution in [0.25, 0.3) is 0 Å². The Labute approximate surface area is 197 Å². The first-order valence-electron chi connectivity index (χ1n) is 14.1. The fourth-order valence-electron chi connectivity index (χ4n) is 4.08. The fraction of sp³-hybridized carbons (Fsp3) is 1.00. The lowest BCUT2D eigenvalue weighted by Crippen LogP contribution is -2.43. The molecule has 0 amide bonds. The molecule has 0 aromatic carbocycles. The quantitative estimate of drug-likeness (QED) is 0.0993. The molecule has 0 aliphatic heterocycles. The molecule has 0 aromatic rings. The topological polar surface area (TPSA) is 18.5 Å². The third-order valence-corrected chi connectivity index (χ3v) is 6.47. The predicted octanol–water partition coefficient (Wildman–Crippen LogP) is 8.16. The van der Waals surface area contributed by atoms with E-state index in [-0.39, 0.29) is 0 Å². The molecule has 0 spiro atoms. The maximum atomic E-state index is 5.74. The molecule has 0 atom stereocenters. The summed E-state index contributed by atoms with van der Waals surface area (Å²) in [5.41, 5.74) is 0. The van der Waals surface area contributed by atoms with Crippen LogP contribution in [0.5, 0.6) is 0 Å². The molecule has 3 heteroatoms. The Morgan fingerprint density at radius 1 is 0.387 bits per heavy atom. The van der Waals surface area contributed by atoms with Gasteiger partial charge >= 0.3 is 0 Å². The van der Waals surface area contributed by atoms with Crippen LogP contribution in [0.2, 0.25) is 0 Å². The van der Waals surface area contributed by atoms with Gasteiger partial charge in [0.1, 0.15) is 6.54 Å². The summed E-state index contributed by atoms with van der Waals surface area (Å²) in [6, 6.07) is 0. The second kappa shape index (κ2) is 24.5. The SMILES string of the molecule is CCCCCCCCCCCCCCCCCC[N+](C)(C)CCOCCOCCCC. The van der Waals surface area contributed by atoms with Crippen molar-refractivity contribution in [1.82, 2.24) is 0 Å². The smallest absolute Gasteiger partial charge is 0.102 e. The van der Waals surface area contributed by atoms with Gasteiger partial charge in [-0.25, -0.2) is 0 Å². The van der Waals surface area contributed by atoms with Crippen LogP contribution in [0.3, 0.4) is 0 Å². The van der Waals surface area contributed by atoms with Crippen molar-refractivity contribution in [3.8, 4) is 0 Å². The van der Waals surface area contributed by atoms with E-state index >= 15 is 0 Å². The van der Waals surface area contributed by atoms with Crippen molar-refractivity contribution < 1.29 is 14.0 Å². The third kappa shape index (κ3) is 26.0. The maximum Gasteiger partial charge on any atom is 0.102 e. The molecule has 188 valence electrons. The van der Waals surface area contributed by atoms with E-state index in [4.69, 9.17) is 9.47 Å². The minimum atomic E-state index is 0.739. The molecule has 0 heterocycles. The standard InChI is InChI=1S/C28H60NO2/c1-5-7-9-10-11-12-13-14-15-16-17-18-19-20-21-22-23-29(3,4)24-26-31-28-27-30-25-8-6-2/h5-28H2,1-4H3/q+1. The van der Waals surface area contributed by atoms with E-state index in [1.165, 1.54) is 116 Å². The Balaban J connectivity index is 3.25. The van der Waals surface area contributed by atoms with Crippen molar-refractivity contribution in [2.75, 3.05) is 53.6 Å². The van der Waals surface area contributed by atoms with Crippen LogP contribution >= 0.6 is 0 Å². The lowest BCUT2D eigenvalue weighted by molar-refractivity contribution is -0.891. The summed E-state index contributed by atoms with van der Waals surface area (Å²) in [5.74, 6) is 0. The molecule has 0 aliphatic carbocycles. The number of hydrogen-bond donors (Lipinski definition) is 0. The molecule has 0 rings (SSSR count). The minimum Gasteiger partial charge on any atom is -0.379 e. The first kappa shape index (κ1) is 30.9. The predicted molar refractivity (Wildman–Crippen MR) is 138 cm³/mol. The van der Waals surface area contributed by atoms with Crippen molar-refractivity contribution in [2.24, 2.45) is 0 Å². The van der Waals surface area contributed by atoms with E-state index in [9.17, 15) is 0 Å². The Kier molecular flexibility index (Phi) is 24.4. The zero-order valence-electron chi connectivity index (χ0n) is 22.2. The highest BCUT2D eigenvalue weighted by Gasteiger charge is 2.13. The number of likely N-dealkylation sites (N-methyl/N-ethyl adjacent to an activating group) is 1. The lowest BCUT2D eigenvalue weighted by atomic mass is 10.0. The average Bonchev–Trinajstić information content (AvgIpc) is 2.75. The summed E-state index contributed by atoms with van der Waals surface area (Å²) >= 11 is 0. The van der Waals surface area contributed by atoms with Gasteiger partial charge in [0.2, 0.25) is 0 Å². The van der Waals surface area contributed by atoms with Gasteiger partial charge in [-0.15, -0.1) is 0 Å². The lowest BCUT2D eigenvalue weighted by Gasteiger charge is -2.29. The number of unbranched alkanes of at least 4 members (excludes halogenated alkanes) is 16. The first-order chi connectivity index (χ1) is 15.1. The normalized spacial score (nSPS) is 12.0. The van der Waals surface area contributed by atoms with E-state index in [2.05, 4.69) is 27.9 Å². The summed E-state index contributed by atoms with van der Waals surface area (Å²) in [6.07, 6.45) is 25.4. The van der Waals surface area contributed by atoms with Crippen molar-refractivity contribution in [2.45, 2.75) is 129 Å². The van der Waals surface area contributed by atoms with E-state index in [0.717, 1.165) is 43.9 Å². The van der Waals surface area contributed by atoms with Gasteiger partial charge < -0.3 is 14.0 Å². The van der Waals surface area contributed by atoms with Crippen LogP contribution in [0.15, 0.2) is 0 Å². The van der Waals surface area contributed by atoms with Gasteiger partial charge in [0.05, 0.1) is 40.5 Å². The second-order valence-corrected chi connectivity index (χ2v) is 10.3. The van der Waals surface area contributed by atoms with Gasteiger partial charge in [0.25, 0.3) is 0 Å². The van der Waals surface area contributed by atoms with Gasteiger partial charge in [0.15, 0.2) is 0 Å². The fourth-order valence-corrected chi connectivity index (χ4v) is 4.08. The van der Waals surface area contributed by atoms with Crippen LogP contribution in [-0.2, 0) is 9.47 Å². The van der Waals surface area contributed by atoms with Gasteiger partial charge in [-0.3, -0.25) is 0 Å². The van der Waals surface area contributed by atoms with E-state index < -0.39 is 0 Å². The van der Waals surface area contributed by atoms with Gasteiger partial charge in [-0.05, 0) is 19.3 Å². The van der Waals surface area contributed by atoms with Crippen molar-refractivity contribution in [3.05, 3.63) is 0 Å². The first-order valence-corrected chi connectivity index (χ1v) is 14.1. The number of ether oxygens (including phenoxy) is 2. The molecule has 3 nitrogen and oxygen atoms in total. The van der Waals surface area contributed by atoms with E-state index in [1.807, 2.05) is 0 Å². The van der Waals surface area contributed by atoms with Crippen molar-refractivity contribution in [1.29, 1.82) is 0 Å². The summed E-state index contributed by atoms with van der Waals surface area (Å²) in [4.78, 5) is 0. The molecule has 0 unspecified atom stereocenters. The minimum absolute atomic E-state index is 0.739. The second-order valence-electron chi connectivity index (χ2n) is 10.3. The highest BCUT2D eigenvalue weighted by atomic mass is 16.5. The van der Waals surface area contributed by atoms with Gasteiger partial charge in [-0.2, -0.15) is 0 Å². The molecule has 31 heavy (non-hydrogen) atoms. The molecular weight excluding hydrogens is 382 g/mol. The van der Waals surface area contributed by atoms with Crippen LogP contribution in [0, 0.1) is 0 Å². The summed E-state index contributed by atoms with van der Waals surface area (Å²) < 4.78 is 12.4. The Morgan fingerprint density at radius 3 is 1.23 bits per heavy atom. The zero-order valence-corrected chi connectivity index (χ0v) is 22.2. The Hall–Kier alpha value is -0.120. The largest absolute Gasteiger partial charge is 0.379 e. The molecule has 0 radical (unpaired) electrons. The zero-order chi connectivity index (χ0) is 22.9. The number of hydrogen-bond acceptors (Lipinski definition) is 2. The van der Waals surface area contributed by atoms with Crippen LogP contribution in [-0.4, -0.2) is 58.1 Å². The number of quaternary nitrogens is 1. The number of rotatable bonds is 26. The third-order valence-electron chi connectivity index (χ3n) is 6.47. The van der Waals surface area contributed by atoms with Gasteiger partial charge in [-0.1, -0.05) is 110 Å². The molecule has 0 fully saturated rings. The van der Waals surface area contributed by atoms with Crippen molar-refractivity contribution >= 4 is 0 Å².